The molecule has 9 heteroatoms. The van der Waals surface area contributed by atoms with Crippen molar-refractivity contribution in [2.75, 3.05) is 31.4 Å². The lowest BCUT2D eigenvalue weighted by Gasteiger charge is -2.23. The molecule has 0 saturated heterocycles. The summed E-state index contributed by atoms with van der Waals surface area (Å²) in [5, 5.41) is 11.6. The SMILES string of the molecule is COc1cc2nccc(Oc3ccc(N(CCCSc4ccccn4)C(=O)O)c(C)c3C)c2cc1OC. The molecule has 8 nitrogen and oxygen atoms in total. The van der Waals surface area contributed by atoms with Gasteiger partial charge in [-0.05, 0) is 67.8 Å². The van der Waals surface area contributed by atoms with Gasteiger partial charge in [-0.15, -0.1) is 11.8 Å². The second-order valence-corrected chi connectivity index (χ2v) is 9.39. The van der Waals surface area contributed by atoms with Crippen LogP contribution in [0.3, 0.4) is 0 Å². The van der Waals surface area contributed by atoms with E-state index in [4.69, 9.17) is 14.2 Å². The highest BCUT2D eigenvalue weighted by Crippen LogP contribution is 2.39. The van der Waals surface area contributed by atoms with Crippen LogP contribution in [0.4, 0.5) is 10.5 Å². The lowest BCUT2D eigenvalue weighted by atomic mass is 10.1. The van der Waals surface area contributed by atoms with Gasteiger partial charge < -0.3 is 19.3 Å². The minimum absolute atomic E-state index is 0.381. The smallest absolute Gasteiger partial charge is 0.411 e. The minimum Gasteiger partial charge on any atom is -0.493 e. The zero-order valence-corrected chi connectivity index (χ0v) is 22.0. The fourth-order valence-corrected chi connectivity index (χ4v) is 4.78. The second kappa shape index (κ2) is 11.8. The Labute approximate surface area is 220 Å². The Balaban J connectivity index is 1.54. The molecular formula is C28H29N3O5S. The first-order chi connectivity index (χ1) is 17.9. The predicted octanol–water partition coefficient (Wildman–Crippen LogP) is 6.72. The monoisotopic (exact) mass is 519 g/mol. The molecule has 0 radical (unpaired) electrons. The fourth-order valence-electron chi connectivity index (χ4n) is 3.99. The Hall–Kier alpha value is -3.98. The van der Waals surface area contributed by atoms with Gasteiger partial charge in [0.2, 0.25) is 0 Å². The highest BCUT2D eigenvalue weighted by atomic mass is 32.2. The third-order valence-corrected chi connectivity index (χ3v) is 7.10. The fraction of sp³-hybridized carbons (Fsp3) is 0.250. The maximum atomic E-state index is 12.1. The Morgan fingerprint density at radius 3 is 2.41 bits per heavy atom. The van der Waals surface area contributed by atoms with E-state index in [-0.39, 0.29) is 0 Å². The van der Waals surface area contributed by atoms with Crippen LogP contribution in [0, 0.1) is 13.8 Å². The lowest BCUT2D eigenvalue weighted by Crippen LogP contribution is -2.31. The number of ether oxygens (including phenoxy) is 3. The number of aromatic nitrogens is 2. The molecule has 0 saturated carbocycles. The van der Waals surface area contributed by atoms with Crippen molar-refractivity contribution in [1.29, 1.82) is 0 Å². The summed E-state index contributed by atoms with van der Waals surface area (Å²) in [7, 11) is 3.16. The predicted molar refractivity (Wildman–Crippen MR) is 146 cm³/mol. The molecule has 0 fully saturated rings. The van der Waals surface area contributed by atoms with Crippen LogP contribution in [-0.2, 0) is 0 Å². The summed E-state index contributed by atoms with van der Waals surface area (Å²) < 4.78 is 17.1. The quantitative estimate of drug-likeness (QED) is 0.182. The van der Waals surface area contributed by atoms with Crippen molar-refractivity contribution in [2.24, 2.45) is 0 Å². The van der Waals surface area contributed by atoms with Gasteiger partial charge in [0.1, 0.15) is 11.5 Å². The molecule has 4 aromatic rings. The number of methoxy groups -OCH3 is 2. The topological polar surface area (TPSA) is 94.0 Å². The maximum absolute atomic E-state index is 12.1. The van der Waals surface area contributed by atoms with Gasteiger partial charge in [-0.1, -0.05) is 6.07 Å². The van der Waals surface area contributed by atoms with Crippen molar-refractivity contribution in [3.8, 4) is 23.0 Å². The molecule has 0 bridgehead atoms. The van der Waals surface area contributed by atoms with Gasteiger partial charge in [-0.3, -0.25) is 9.88 Å². The number of fused-ring (bicyclic) bond motifs is 1. The van der Waals surface area contributed by atoms with Gasteiger partial charge in [0, 0.05) is 36.1 Å². The van der Waals surface area contributed by atoms with Crippen molar-refractivity contribution in [2.45, 2.75) is 25.3 Å². The number of pyridine rings is 2. The molecule has 0 aliphatic heterocycles. The van der Waals surface area contributed by atoms with E-state index in [0.29, 0.717) is 47.2 Å². The third kappa shape index (κ3) is 5.89. The first-order valence-corrected chi connectivity index (χ1v) is 12.7. The normalized spacial score (nSPS) is 10.8. The maximum Gasteiger partial charge on any atom is 0.411 e. The minimum atomic E-state index is -0.986. The number of nitrogens with zero attached hydrogens (tertiary/aromatic N) is 3. The number of hydrogen-bond acceptors (Lipinski definition) is 7. The summed E-state index contributed by atoms with van der Waals surface area (Å²) in [5.74, 6) is 3.18. The summed E-state index contributed by atoms with van der Waals surface area (Å²) in [4.78, 5) is 22.2. The van der Waals surface area contributed by atoms with Gasteiger partial charge in [-0.2, -0.15) is 0 Å². The van der Waals surface area contributed by atoms with Crippen molar-refractivity contribution in [3.05, 3.63) is 72.1 Å². The Kier molecular flexibility index (Phi) is 8.35. The number of carbonyl (C=O) groups is 1. The zero-order valence-electron chi connectivity index (χ0n) is 21.2. The van der Waals surface area contributed by atoms with E-state index in [1.807, 2.05) is 44.2 Å². The van der Waals surface area contributed by atoms with Crippen LogP contribution in [-0.4, -0.2) is 47.7 Å². The number of rotatable bonds is 10. The summed E-state index contributed by atoms with van der Waals surface area (Å²) in [6, 6.07) is 14.8. The number of carboxylic acid groups (broad SMARTS) is 1. The molecule has 0 unspecified atom stereocenters. The van der Waals surface area contributed by atoms with E-state index in [1.54, 1.807) is 56.6 Å². The van der Waals surface area contributed by atoms with Gasteiger partial charge >= 0.3 is 6.09 Å². The van der Waals surface area contributed by atoms with Crippen molar-refractivity contribution < 1.29 is 24.1 Å². The average Bonchev–Trinajstić information content (AvgIpc) is 2.91. The van der Waals surface area contributed by atoms with Crippen LogP contribution in [0.25, 0.3) is 10.9 Å². The number of amides is 1. The number of anilines is 1. The Morgan fingerprint density at radius 1 is 0.919 bits per heavy atom. The summed E-state index contributed by atoms with van der Waals surface area (Å²) >= 11 is 1.61. The number of benzene rings is 2. The third-order valence-electron chi connectivity index (χ3n) is 6.07. The molecule has 2 heterocycles. The number of hydrogen-bond donors (Lipinski definition) is 1. The van der Waals surface area contributed by atoms with Crippen molar-refractivity contribution in [1.82, 2.24) is 9.97 Å². The Morgan fingerprint density at radius 2 is 1.70 bits per heavy atom. The van der Waals surface area contributed by atoms with E-state index in [0.717, 1.165) is 27.3 Å². The van der Waals surface area contributed by atoms with E-state index in [9.17, 15) is 9.90 Å². The van der Waals surface area contributed by atoms with Gasteiger partial charge in [0.05, 0.1) is 30.4 Å². The van der Waals surface area contributed by atoms with E-state index >= 15 is 0 Å². The van der Waals surface area contributed by atoms with Crippen molar-refractivity contribution in [3.63, 3.8) is 0 Å². The van der Waals surface area contributed by atoms with Crippen molar-refractivity contribution >= 4 is 34.4 Å². The van der Waals surface area contributed by atoms with Crippen LogP contribution < -0.4 is 19.1 Å². The lowest BCUT2D eigenvalue weighted by molar-refractivity contribution is 0.201. The van der Waals surface area contributed by atoms with Crippen LogP contribution in [0.1, 0.15) is 17.5 Å². The van der Waals surface area contributed by atoms with Crippen LogP contribution in [0.15, 0.2) is 66.0 Å². The zero-order chi connectivity index (χ0) is 26.4. The van der Waals surface area contributed by atoms with Crippen LogP contribution >= 0.6 is 11.8 Å². The standard InChI is InChI=1S/C28H29N3O5S/c1-18-19(2)23(36-24-11-13-29-21-17-26(35-4)25(34-3)16-20(21)24)10-9-22(18)31(28(32)33)14-7-15-37-27-8-5-6-12-30-27/h5-6,8-13,16-17H,7,14-15H2,1-4H3,(H,32,33). The molecule has 4 rings (SSSR count). The molecule has 0 aliphatic carbocycles. The largest absolute Gasteiger partial charge is 0.493 e. The summed E-state index contributed by atoms with van der Waals surface area (Å²) in [6.45, 7) is 4.22. The van der Waals surface area contributed by atoms with Gasteiger partial charge in [-0.25, -0.2) is 9.78 Å². The molecular weight excluding hydrogens is 490 g/mol. The van der Waals surface area contributed by atoms with E-state index in [1.165, 1.54) is 4.90 Å². The molecule has 0 spiro atoms. The second-order valence-electron chi connectivity index (χ2n) is 8.27. The highest BCUT2D eigenvalue weighted by molar-refractivity contribution is 7.99. The summed E-state index contributed by atoms with van der Waals surface area (Å²) in [5.41, 5.74) is 3.06. The molecule has 1 N–H and O–H groups in total. The molecule has 192 valence electrons. The first-order valence-electron chi connectivity index (χ1n) is 11.8. The van der Waals surface area contributed by atoms with E-state index < -0.39 is 6.09 Å². The van der Waals surface area contributed by atoms with Gasteiger partial charge in [0.25, 0.3) is 0 Å². The number of thioether (sulfide) groups is 1. The van der Waals surface area contributed by atoms with Crippen LogP contribution in [0.2, 0.25) is 0 Å². The van der Waals surface area contributed by atoms with Gasteiger partial charge in [0.15, 0.2) is 11.5 Å². The molecule has 1 amide bonds. The summed E-state index contributed by atoms with van der Waals surface area (Å²) in [6.07, 6.45) is 3.14. The first kappa shape index (κ1) is 26.1. The molecule has 37 heavy (non-hydrogen) atoms. The molecule has 2 aromatic heterocycles. The molecule has 0 aliphatic rings. The average molecular weight is 520 g/mol. The van der Waals surface area contributed by atoms with E-state index in [2.05, 4.69) is 9.97 Å². The molecule has 2 aromatic carbocycles. The van der Waals surface area contributed by atoms with Crippen LogP contribution in [0.5, 0.6) is 23.0 Å². The highest BCUT2D eigenvalue weighted by Gasteiger charge is 2.20. The Bertz CT molecular complexity index is 1400. The molecule has 0 atom stereocenters.